The van der Waals surface area contributed by atoms with Crippen LogP contribution in [0.25, 0.3) is 0 Å². The van der Waals surface area contributed by atoms with Gasteiger partial charge in [-0.05, 0) is 56.0 Å². The fraction of sp³-hybridized carbons (Fsp3) is 0.562. The maximum Gasteiger partial charge on any atom is 0.166 e. The zero-order chi connectivity index (χ0) is 13.7. The maximum absolute atomic E-state index is 12.4. The number of Topliss-reactive ketones (excluding diaryl/α,β-unsaturated/α-hetero) is 1. The van der Waals surface area contributed by atoms with Gasteiger partial charge in [0.1, 0.15) is 5.75 Å². The summed E-state index contributed by atoms with van der Waals surface area (Å²) in [7, 11) is 0. The Kier molecular flexibility index (Phi) is 4.97. The molecule has 3 nitrogen and oxygen atoms in total. The molecule has 0 aromatic heterocycles. The van der Waals surface area contributed by atoms with Gasteiger partial charge in [0.15, 0.2) is 5.78 Å². The molecule has 1 fully saturated rings. The molecule has 1 aromatic carbocycles. The first-order chi connectivity index (χ1) is 9.26. The molecule has 0 radical (unpaired) electrons. The Morgan fingerprint density at radius 1 is 1.32 bits per heavy atom. The number of carbonyl (C=O) groups is 1. The summed E-state index contributed by atoms with van der Waals surface area (Å²) >= 11 is 0. The normalized spacial score (nSPS) is 22.4. The van der Waals surface area contributed by atoms with E-state index in [2.05, 4.69) is 6.92 Å². The first kappa shape index (κ1) is 14.1. The number of benzene rings is 1. The molecule has 0 spiro atoms. The van der Waals surface area contributed by atoms with Gasteiger partial charge in [-0.25, -0.2) is 0 Å². The highest BCUT2D eigenvalue weighted by Crippen LogP contribution is 2.33. The molecular weight excluding hydrogens is 238 g/mol. The molecule has 104 valence electrons. The molecule has 1 aromatic rings. The molecule has 19 heavy (non-hydrogen) atoms. The standard InChI is InChI=1S/C16H23NO2/c1-2-10-19-14-8-6-12(7-9-14)16(18)15-5-3-4-13(15)11-17/h6-9,13,15H,2-5,10-11,17H2,1H3. The molecule has 1 aliphatic rings. The third-order valence-corrected chi connectivity index (χ3v) is 3.91. The molecule has 3 heteroatoms. The number of hydrogen-bond acceptors (Lipinski definition) is 3. The number of nitrogens with two attached hydrogens (primary N) is 1. The first-order valence-electron chi connectivity index (χ1n) is 7.23. The van der Waals surface area contributed by atoms with Crippen molar-refractivity contribution in [3.8, 4) is 5.75 Å². The van der Waals surface area contributed by atoms with E-state index in [1.807, 2.05) is 24.3 Å². The van der Waals surface area contributed by atoms with Gasteiger partial charge in [-0.2, -0.15) is 0 Å². The quantitative estimate of drug-likeness (QED) is 0.801. The summed E-state index contributed by atoms with van der Waals surface area (Å²) in [6, 6.07) is 7.52. The van der Waals surface area contributed by atoms with E-state index >= 15 is 0 Å². The molecule has 2 atom stereocenters. The van der Waals surface area contributed by atoms with Crippen molar-refractivity contribution in [1.82, 2.24) is 0 Å². The van der Waals surface area contributed by atoms with Gasteiger partial charge in [0.25, 0.3) is 0 Å². The second-order valence-corrected chi connectivity index (χ2v) is 5.27. The number of rotatable bonds is 6. The van der Waals surface area contributed by atoms with E-state index < -0.39 is 0 Å². The van der Waals surface area contributed by atoms with Gasteiger partial charge in [-0.15, -0.1) is 0 Å². The molecular formula is C16H23NO2. The predicted octanol–water partition coefficient (Wildman–Crippen LogP) is 3.03. The summed E-state index contributed by atoms with van der Waals surface area (Å²) in [5, 5.41) is 0. The summed E-state index contributed by atoms with van der Waals surface area (Å²) in [5.41, 5.74) is 6.53. The van der Waals surface area contributed by atoms with Crippen molar-refractivity contribution in [2.75, 3.05) is 13.2 Å². The van der Waals surface area contributed by atoms with Gasteiger partial charge in [0.05, 0.1) is 6.61 Å². The monoisotopic (exact) mass is 261 g/mol. The minimum absolute atomic E-state index is 0.118. The first-order valence-corrected chi connectivity index (χ1v) is 7.23. The number of hydrogen-bond donors (Lipinski definition) is 1. The van der Waals surface area contributed by atoms with E-state index in [1.54, 1.807) is 0 Å². The third kappa shape index (κ3) is 3.35. The minimum atomic E-state index is 0.118. The van der Waals surface area contributed by atoms with Crippen molar-refractivity contribution < 1.29 is 9.53 Å². The third-order valence-electron chi connectivity index (χ3n) is 3.91. The largest absolute Gasteiger partial charge is 0.494 e. The van der Waals surface area contributed by atoms with Gasteiger partial charge in [-0.3, -0.25) is 4.79 Å². The molecule has 2 N–H and O–H groups in total. The maximum atomic E-state index is 12.4. The Bertz CT molecular complexity index is 413. The molecule has 0 aliphatic heterocycles. The minimum Gasteiger partial charge on any atom is -0.494 e. The van der Waals surface area contributed by atoms with Crippen LogP contribution in [0.15, 0.2) is 24.3 Å². The van der Waals surface area contributed by atoms with Crippen molar-refractivity contribution in [2.24, 2.45) is 17.6 Å². The van der Waals surface area contributed by atoms with E-state index in [9.17, 15) is 4.79 Å². The van der Waals surface area contributed by atoms with Crippen LogP contribution >= 0.6 is 0 Å². The van der Waals surface area contributed by atoms with Gasteiger partial charge in [0.2, 0.25) is 0 Å². The van der Waals surface area contributed by atoms with Crippen LogP contribution in [-0.2, 0) is 0 Å². The van der Waals surface area contributed by atoms with Gasteiger partial charge >= 0.3 is 0 Å². The van der Waals surface area contributed by atoms with Crippen molar-refractivity contribution in [3.05, 3.63) is 29.8 Å². The Morgan fingerprint density at radius 3 is 2.68 bits per heavy atom. The van der Waals surface area contributed by atoms with Crippen molar-refractivity contribution in [2.45, 2.75) is 32.6 Å². The molecule has 2 rings (SSSR count). The second kappa shape index (κ2) is 6.71. The molecule has 0 saturated heterocycles. The van der Waals surface area contributed by atoms with Crippen LogP contribution < -0.4 is 10.5 Å². The van der Waals surface area contributed by atoms with E-state index in [1.165, 1.54) is 0 Å². The number of carbonyl (C=O) groups excluding carboxylic acids is 1. The summed E-state index contributed by atoms with van der Waals surface area (Å²) < 4.78 is 5.53. The van der Waals surface area contributed by atoms with E-state index in [0.717, 1.165) is 37.0 Å². The van der Waals surface area contributed by atoms with Gasteiger partial charge < -0.3 is 10.5 Å². The fourth-order valence-electron chi connectivity index (χ4n) is 2.81. The van der Waals surface area contributed by atoms with Crippen LogP contribution in [0.2, 0.25) is 0 Å². The molecule has 0 bridgehead atoms. The van der Waals surface area contributed by atoms with Crippen LogP contribution in [0.1, 0.15) is 43.0 Å². The molecule has 0 heterocycles. The van der Waals surface area contributed by atoms with Crippen molar-refractivity contribution >= 4 is 5.78 Å². The average molecular weight is 261 g/mol. The zero-order valence-electron chi connectivity index (χ0n) is 11.6. The lowest BCUT2D eigenvalue weighted by Gasteiger charge is -2.16. The second-order valence-electron chi connectivity index (χ2n) is 5.27. The van der Waals surface area contributed by atoms with Crippen LogP contribution in [-0.4, -0.2) is 18.9 Å². The lowest BCUT2D eigenvalue weighted by molar-refractivity contribution is 0.0893. The summed E-state index contributed by atoms with van der Waals surface area (Å²) in [6.45, 7) is 3.41. The average Bonchev–Trinajstić information content (AvgIpc) is 2.93. The smallest absolute Gasteiger partial charge is 0.166 e. The zero-order valence-corrected chi connectivity index (χ0v) is 11.6. The lowest BCUT2D eigenvalue weighted by atomic mass is 9.88. The molecule has 1 saturated carbocycles. The Labute approximate surface area is 115 Å². The Morgan fingerprint density at radius 2 is 2.05 bits per heavy atom. The lowest BCUT2D eigenvalue weighted by Crippen LogP contribution is -2.25. The molecule has 2 unspecified atom stereocenters. The van der Waals surface area contributed by atoms with Gasteiger partial charge in [-0.1, -0.05) is 13.3 Å². The Hall–Kier alpha value is -1.35. The van der Waals surface area contributed by atoms with Crippen LogP contribution in [0.5, 0.6) is 5.75 Å². The summed E-state index contributed by atoms with van der Waals surface area (Å²) in [4.78, 5) is 12.4. The van der Waals surface area contributed by atoms with Gasteiger partial charge in [0, 0.05) is 11.5 Å². The fourth-order valence-corrected chi connectivity index (χ4v) is 2.81. The van der Waals surface area contributed by atoms with E-state index in [4.69, 9.17) is 10.5 Å². The van der Waals surface area contributed by atoms with Crippen molar-refractivity contribution in [1.29, 1.82) is 0 Å². The van der Waals surface area contributed by atoms with Crippen LogP contribution in [0.3, 0.4) is 0 Å². The Balaban J connectivity index is 2.03. The number of ether oxygens (including phenoxy) is 1. The van der Waals surface area contributed by atoms with Crippen LogP contribution in [0, 0.1) is 11.8 Å². The topological polar surface area (TPSA) is 52.3 Å². The summed E-state index contributed by atoms with van der Waals surface area (Å²) in [6.07, 6.45) is 4.18. The SMILES string of the molecule is CCCOc1ccc(C(=O)C2CCCC2CN)cc1. The van der Waals surface area contributed by atoms with E-state index in [0.29, 0.717) is 19.1 Å². The molecule has 0 amide bonds. The number of ketones is 1. The highest BCUT2D eigenvalue weighted by Gasteiger charge is 2.32. The highest BCUT2D eigenvalue weighted by molar-refractivity contribution is 5.98. The molecule has 1 aliphatic carbocycles. The highest BCUT2D eigenvalue weighted by atomic mass is 16.5. The van der Waals surface area contributed by atoms with E-state index in [-0.39, 0.29) is 11.7 Å². The van der Waals surface area contributed by atoms with Crippen LogP contribution in [0.4, 0.5) is 0 Å². The summed E-state index contributed by atoms with van der Waals surface area (Å²) in [5.74, 6) is 1.56. The predicted molar refractivity (Wildman–Crippen MR) is 76.4 cm³/mol. The van der Waals surface area contributed by atoms with Crippen molar-refractivity contribution in [3.63, 3.8) is 0 Å².